The van der Waals surface area contributed by atoms with Crippen molar-refractivity contribution in [3.05, 3.63) is 0 Å². The van der Waals surface area contributed by atoms with Gasteiger partial charge in [0, 0.05) is 0 Å². The van der Waals surface area contributed by atoms with Crippen LogP contribution in [0.4, 0.5) is 0 Å². The third kappa shape index (κ3) is 1.46. The zero-order valence-electron chi connectivity index (χ0n) is 6.03. The minimum Gasteiger partial charge on any atom is -0.374 e. The SMILES string of the molecule is O=CC1NC(O)C(O)N1C(O)O. The van der Waals surface area contributed by atoms with Crippen LogP contribution in [-0.2, 0) is 4.79 Å². The van der Waals surface area contributed by atoms with Crippen LogP contribution in [0.15, 0.2) is 0 Å². The standard InChI is InChI=1S/C5H10N2O5/c8-1-2-6-3(9)4(10)7(2)5(11)12/h1-6,9-12H. The lowest BCUT2D eigenvalue weighted by Crippen LogP contribution is -2.47. The normalized spacial score (nSPS) is 37.6. The summed E-state index contributed by atoms with van der Waals surface area (Å²) < 4.78 is 0. The van der Waals surface area contributed by atoms with E-state index in [0.717, 1.165) is 0 Å². The van der Waals surface area contributed by atoms with Gasteiger partial charge >= 0.3 is 0 Å². The molecule has 1 aliphatic heterocycles. The Hall–Kier alpha value is -0.570. The van der Waals surface area contributed by atoms with Crippen LogP contribution >= 0.6 is 0 Å². The molecule has 1 saturated heterocycles. The van der Waals surface area contributed by atoms with E-state index in [-0.39, 0.29) is 0 Å². The van der Waals surface area contributed by atoms with E-state index >= 15 is 0 Å². The molecule has 0 amide bonds. The third-order valence-electron chi connectivity index (χ3n) is 1.65. The van der Waals surface area contributed by atoms with E-state index in [1.165, 1.54) is 0 Å². The predicted octanol–water partition coefficient (Wildman–Crippen LogP) is -3.68. The first-order chi connectivity index (χ1) is 5.57. The van der Waals surface area contributed by atoms with Crippen molar-refractivity contribution in [3.63, 3.8) is 0 Å². The van der Waals surface area contributed by atoms with Crippen molar-refractivity contribution in [2.45, 2.75) is 25.0 Å². The number of aliphatic hydroxyl groups is 4. The molecule has 3 unspecified atom stereocenters. The van der Waals surface area contributed by atoms with E-state index in [1.54, 1.807) is 0 Å². The molecule has 0 aromatic carbocycles. The molecule has 0 spiro atoms. The van der Waals surface area contributed by atoms with Gasteiger partial charge in [-0.15, -0.1) is 0 Å². The number of rotatable bonds is 2. The second-order valence-electron chi connectivity index (χ2n) is 2.40. The summed E-state index contributed by atoms with van der Waals surface area (Å²) in [6, 6.07) is 0. The van der Waals surface area contributed by atoms with Crippen molar-refractivity contribution in [1.29, 1.82) is 0 Å². The minimum absolute atomic E-state index is 0.346. The molecule has 5 N–H and O–H groups in total. The molecule has 0 bridgehead atoms. The van der Waals surface area contributed by atoms with Gasteiger partial charge in [0.1, 0.15) is 12.4 Å². The molecule has 0 radical (unpaired) electrons. The number of carbonyl (C=O) groups is 1. The molecule has 1 heterocycles. The lowest BCUT2D eigenvalue weighted by Gasteiger charge is -2.23. The molecule has 70 valence electrons. The maximum atomic E-state index is 10.3. The van der Waals surface area contributed by atoms with Crippen LogP contribution in [0.1, 0.15) is 0 Å². The van der Waals surface area contributed by atoms with Gasteiger partial charge in [-0.3, -0.25) is 5.32 Å². The number of carbonyl (C=O) groups excluding carboxylic acids is 1. The maximum Gasteiger partial charge on any atom is 0.217 e. The van der Waals surface area contributed by atoms with Crippen LogP contribution in [0.2, 0.25) is 0 Å². The Morgan fingerprint density at radius 1 is 1.42 bits per heavy atom. The lowest BCUT2D eigenvalue weighted by atomic mass is 10.5. The number of nitrogens with one attached hydrogen (secondary N) is 1. The fraction of sp³-hybridized carbons (Fsp3) is 0.800. The van der Waals surface area contributed by atoms with Gasteiger partial charge in [0.05, 0.1) is 0 Å². The average Bonchev–Trinajstić information content (AvgIpc) is 2.28. The highest BCUT2D eigenvalue weighted by Crippen LogP contribution is 2.13. The zero-order chi connectivity index (χ0) is 9.30. The summed E-state index contributed by atoms with van der Waals surface area (Å²) in [7, 11) is 0. The Morgan fingerprint density at radius 3 is 2.33 bits per heavy atom. The Balaban J connectivity index is 2.73. The molecular formula is C5H10N2O5. The highest BCUT2D eigenvalue weighted by atomic mass is 16.5. The van der Waals surface area contributed by atoms with Crippen molar-refractivity contribution >= 4 is 6.29 Å². The fourth-order valence-electron chi connectivity index (χ4n) is 1.06. The van der Waals surface area contributed by atoms with Gasteiger partial charge in [0.15, 0.2) is 12.5 Å². The van der Waals surface area contributed by atoms with Gasteiger partial charge in [-0.25, -0.2) is 4.90 Å². The van der Waals surface area contributed by atoms with E-state index in [0.29, 0.717) is 11.2 Å². The highest BCUT2D eigenvalue weighted by Gasteiger charge is 2.41. The molecule has 3 atom stereocenters. The van der Waals surface area contributed by atoms with Gasteiger partial charge < -0.3 is 25.2 Å². The van der Waals surface area contributed by atoms with Gasteiger partial charge in [0.25, 0.3) is 0 Å². The molecule has 1 rings (SSSR count). The van der Waals surface area contributed by atoms with E-state index < -0.39 is 25.0 Å². The Labute approximate surface area is 67.8 Å². The number of hydrogen-bond acceptors (Lipinski definition) is 7. The van der Waals surface area contributed by atoms with Gasteiger partial charge in [-0.05, 0) is 0 Å². The van der Waals surface area contributed by atoms with Crippen molar-refractivity contribution in [2.75, 3.05) is 0 Å². The molecular weight excluding hydrogens is 168 g/mol. The van der Waals surface area contributed by atoms with Crippen molar-refractivity contribution in [3.8, 4) is 0 Å². The van der Waals surface area contributed by atoms with Gasteiger partial charge in [-0.2, -0.15) is 0 Å². The largest absolute Gasteiger partial charge is 0.374 e. The Bertz CT molecular complexity index is 175. The summed E-state index contributed by atoms with van der Waals surface area (Å²) in [5.41, 5.74) is 0. The lowest BCUT2D eigenvalue weighted by molar-refractivity contribution is -0.212. The molecule has 0 aromatic heterocycles. The predicted molar refractivity (Wildman–Crippen MR) is 35.1 cm³/mol. The van der Waals surface area contributed by atoms with Crippen molar-refractivity contribution in [2.24, 2.45) is 0 Å². The molecule has 1 aliphatic rings. The fourth-order valence-corrected chi connectivity index (χ4v) is 1.06. The third-order valence-corrected chi connectivity index (χ3v) is 1.65. The van der Waals surface area contributed by atoms with E-state index in [1.807, 2.05) is 0 Å². The van der Waals surface area contributed by atoms with Crippen LogP contribution < -0.4 is 5.32 Å². The first-order valence-electron chi connectivity index (χ1n) is 3.29. The number of hydrogen-bond donors (Lipinski definition) is 5. The quantitative estimate of drug-likeness (QED) is 0.218. The zero-order valence-corrected chi connectivity index (χ0v) is 6.03. The van der Waals surface area contributed by atoms with Crippen LogP contribution in [0.25, 0.3) is 0 Å². The maximum absolute atomic E-state index is 10.3. The first kappa shape index (κ1) is 9.52. The number of aliphatic hydroxyl groups excluding tert-OH is 3. The molecule has 7 nitrogen and oxygen atoms in total. The first-order valence-corrected chi connectivity index (χ1v) is 3.29. The smallest absolute Gasteiger partial charge is 0.217 e. The summed E-state index contributed by atoms with van der Waals surface area (Å²) >= 11 is 0. The number of nitrogens with zero attached hydrogens (tertiary/aromatic N) is 1. The second kappa shape index (κ2) is 3.44. The van der Waals surface area contributed by atoms with E-state index in [4.69, 9.17) is 20.4 Å². The van der Waals surface area contributed by atoms with Gasteiger partial charge in [0.2, 0.25) is 6.41 Å². The summed E-state index contributed by atoms with van der Waals surface area (Å²) in [5, 5.41) is 37.5. The van der Waals surface area contributed by atoms with E-state index in [9.17, 15) is 4.79 Å². The van der Waals surface area contributed by atoms with Crippen LogP contribution in [0, 0.1) is 0 Å². The summed E-state index contributed by atoms with van der Waals surface area (Å²) in [6.45, 7) is 0. The summed E-state index contributed by atoms with van der Waals surface area (Å²) in [6.07, 6.45) is -5.59. The monoisotopic (exact) mass is 178 g/mol. The topological polar surface area (TPSA) is 113 Å². The van der Waals surface area contributed by atoms with Crippen molar-refractivity contribution in [1.82, 2.24) is 10.2 Å². The molecule has 0 aliphatic carbocycles. The Morgan fingerprint density at radius 2 is 2.00 bits per heavy atom. The molecule has 12 heavy (non-hydrogen) atoms. The molecule has 0 saturated carbocycles. The molecule has 0 aromatic rings. The number of aldehydes is 1. The van der Waals surface area contributed by atoms with Crippen LogP contribution in [-0.4, -0.2) is 56.6 Å². The summed E-state index contributed by atoms with van der Waals surface area (Å²) in [5.74, 6) is 0. The summed E-state index contributed by atoms with van der Waals surface area (Å²) in [4.78, 5) is 10.9. The van der Waals surface area contributed by atoms with Gasteiger partial charge in [-0.1, -0.05) is 0 Å². The Kier molecular flexibility index (Phi) is 2.73. The van der Waals surface area contributed by atoms with E-state index in [2.05, 4.69) is 5.32 Å². The molecule has 7 heteroatoms. The van der Waals surface area contributed by atoms with Crippen molar-refractivity contribution < 1.29 is 25.2 Å². The minimum atomic E-state index is -1.99. The molecule has 1 fully saturated rings. The van der Waals surface area contributed by atoms with Crippen LogP contribution in [0.3, 0.4) is 0 Å². The van der Waals surface area contributed by atoms with Crippen LogP contribution in [0.5, 0.6) is 0 Å². The average molecular weight is 178 g/mol. The highest BCUT2D eigenvalue weighted by molar-refractivity contribution is 5.57. The second-order valence-corrected chi connectivity index (χ2v) is 2.40.